The average Bonchev–Trinajstić information content (AvgIpc) is 3.54. The maximum absolute atomic E-state index is 2.59. The third-order valence-electron chi connectivity index (χ3n) is 8.62. The molecular formula is C40H41Zr. The monoisotopic (exact) mass is 611 g/mol. The van der Waals surface area contributed by atoms with Crippen molar-refractivity contribution in [2.75, 3.05) is 0 Å². The van der Waals surface area contributed by atoms with E-state index in [1.165, 1.54) is 50.1 Å². The SMILES string of the molecule is CC1=CCC(c2c(C(C)(C)C)cc3c([c]2[Zr]=[C](c2ccccc2)c2ccccc2)Cc2ccc(C(C)(C)C)cc2-3)=C1. The van der Waals surface area contributed by atoms with Gasteiger partial charge in [0.1, 0.15) is 0 Å². The van der Waals surface area contributed by atoms with Crippen LogP contribution in [-0.2, 0) is 40.0 Å². The molecule has 6 rings (SSSR count). The molecule has 0 aromatic heterocycles. The summed E-state index contributed by atoms with van der Waals surface area (Å²) in [5, 5.41) is 0. The van der Waals surface area contributed by atoms with E-state index in [0.717, 1.165) is 12.8 Å². The molecule has 0 bridgehead atoms. The van der Waals surface area contributed by atoms with Crippen LogP contribution in [0.15, 0.2) is 103 Å². The average molecular weight is 613 g/mol. The fraction of sp³-hybridized carbons (Fsp3) is 0.275. The van der Waals surface area contributed by atoms with Crippen molar-refractivity contribution in [2.45, 2.75) is 72.1 Å². The minimum atomic E-state index is -1.27. The number of benzene rings is 4. The molecule has 0 amide bonds. The summed E-state index contributed by atoms with van der Waals surface area (Å²) in [6.07, 6.45) is 6.95. The van der Waals surface area contributed by atoms with Crippen molar-refractivity contribution >= 4 is 12.1 Å². The second-order valence-corrected chi connectivity index (χ2v) is 16.9. The minimum absolute atomic E-state index is 0.0416. The number of allylic oxidation sites excluding steroid dienone is 4. The van der Waals surface area contributed by atoms with Gasteiger partial charge in [-0.05, 0) is 0 Å². The molecular weight excluding hydrogens is 572 g/mol. The van der Waals surface area contributed by atoms with Gasteiger partial charge in [-0.15, -0.1) is 0 Å². The van der Waals surface area contributed by atoms with Crippen molar-refractivity contribution < 1.29 is 22.8 Å². The standard InChI is InChI=1S/C27H31.C13H10.Zr/c1-17-8-9-18(12-17)24-14-20-13-19-10-11-21(26(2,3)4)15-22(19)23(20)16-25(24)27(5,6)7;1-3-7-12(8-4-1)11-13-9-5-2-6-10-13;/h8,10-12,15-16H,9,13H2,1-7H3;1-10H;. The Bertz CT molecular complexity index is 1670. The van der Waals surface area contributed by atoms with Crippen LogP contribution in [0, 0.1) is 0 Å². The molecule has 0 N–H and O–H groups in total. The molecule has 0 nitrogen and oxygen atoms in total. The molecule has 0 saturated heterocycles. The van der Waals surface area contributed by atoms with Crippen molar-refractivity contribution in [1.29, 1.82) is 0 Å². The molecule has 0 spiro atoms. The third kappa shape index (κ3) is 5.51. The summed E-state index contributed by atoms with van der Waals surface area (Å²) in [4.78, 5) is 0. The zero-order valence-corrected chi connectivity index (χ0v) is 28.1. The van der Waals surface area contributed by atoms with Crippen LogP contribution in [0.2, 0.25) is 0 Å². The molecule has 41 heavy (non-hydrogen) atoms. The predicted octanol–water partition coefficient (Wildman–Crippen LogP) is 9.56. The molecule has 4 aromatic carbocycles. The van der Waals surface area contributed by atoms with Gasteiger partial charge in [0.15, 0.2) is 0 Å². The van der Waals surface area contributed by atoms with Crippen molar-refractivity contribution in [3.63, 3.8) is 0 Å². The van der Waals surface area contributed by atoms with E-state index in [-0.39, 0.29) is 10.8 Å². The van der Waals surface area contributed by atoms with Crippen LogP contribution in [0.5, 0.6) is 0 Å². The van der Waals surface area contributed by atoms with Crippen LogP contribution < -0.4 is 3.27 Å². The summed E-state index contributed by atoms with van der Waals surface area (Å²) in [5.41, 5.74) is 16.4. The van der Waals surface area contributed by atoms with Crippen LogP contribution in [0.4, 0.5) is 0 Å². The second kappa shape index (κ2) is 10.7. The molecule has 2 aliphatic carbocycles. The van der Waals surface area contributed by atoms with Crippen LogP contribution >= 0.6 is 0 Å². The fourth-order valence-electron chi connectivity index (χ4n) is 6.33. The molecule has 0 atom stereocenters. The van der Waals surface area contributed by atoms with Crippen LogP contribution in [0.25, 0.3) is 16.7 Å². The van der Waals surface area contributed by atoms with E-state index >= 15 is 0 Å². The van der Waals surface area contributed by atoms with E-state index < -0.39 is 22.8 Å². The molecule has 205 valence electrons. The van der Waals surface area contributed by atoms with Gasteiger partial charge in [-0.2, -0.15) is 0 Å². The van der Waals surface area contributed by atoms with Gasteiger partial charge in [-0.1, -0.05) is 0 Å². The normalized spacial score (nSPS) is 14.2. The first-order valence-corrected chi connectivity index (χ1v) is 17.4. The van der Waals surface area contributed by atoms with Crippen molar-refractivity contribution in [2.24, 2.45) is 0 Å². The van der Waals surface area contributed by atoms with Gasteiger partial charge in [0.05, 0.1) is 0 Å². The van der Waals surface area contributed by atoms with E-state index in [4.69, 9.17) is 0 Å². The third-order valence-corrected chi connectivity index (χ3v) is 12.6. The van der Waals surface area contributed by atoms with E-state index in [1.54, 1.807) is 17.6 Å². The summed E-state index contributed by atoms with van der Waals surface area (Å²) in [7, 11) is 0. The maximum atomic E-state index is 2.59. The van der Waals surface area contributed by atoms with Gasteiger partial charge in [0, 0.05) is 0 Å². The quantitative estimate of drug-likeness (QED) is 0.190. The second-order valence-electron chi connectivity index (χ2n) is 13.8. The Labute approximate surface area is 258 Å². The summed E-state index contributed by atoms with van der Waals surface area (Å²) in [6, 6.07) is 32.2. The van der Waals surface area contributed by atoms with Gasteiger partial charge in [0.25, 0.3) is 0 Å². The summed E-state index contributed by atoms with van der Waals surface area (Å²) in [6.45, 7) is 16.5. The molecule has 1 heteroatoms. The Morgan fingerprint density at radius 1 is 0.707 bits per heavy atom. The molecule has 0 unspecified atom stereocenters. The Kier molecular flexibility index (Phi) is 7.40. The first-order chi connectivity index (χ1) is 19.5. The number of rotatable bonds is 4. The Hall–Kier alpha value is -2.89. The van der Waals surface area contributed by atoms with Gasteiger partial charge in [-0.3, -0.25) is 0 Å². The summed E-state index contributed by atoms with van der Waals surface area (Å²) in [5.74, 6) is 0. The van der Waals surface area contributed by atoms with Crippen molar-refractivity contribution in [1.82, 2.24) is 0 Å². The van der Waals surface area contributed by atoms with Gasteiger partial charge >= 0.3 is 260 Å². The molecule has 4 aromatic rings. The Morgan fingerprint density at radius 3 is 1.88 bits per heavy atom. The molecule has 0 aliphatic heterocycles. The zero-order valence-electron chi connectivity index (χ0n) is 25.7. The number of hydrogen-bond donors (Lipinski definition) is 0. The molecule has 2 aliphatic rings. The molecule has 0 heterocycles. The van der Waals surface area contributed by atoms with Crippen molar-refractivity contribution in [3.8, 4) is 11.1 Å². The van der Waals surface area contributed by atoms with Crippen molar-refractivity contribution in [3.05, 3.63) is 142 Å². The number of fused-ring (bicyclic) bond motifs is 3. The summed E-state index contributed by atoms with van der Waals surface area (Å²) >= 11 is -1.27. The first kappa shape index (κ1) is 28.2. The fourth-order valence-corrected chi connectivity index (χ4v) is 10.4. The van der Waals surface area contributed by atoms with Gasteiger partial charge < -0.3 is 0 Å². The van der Waals surface area contributed by atoms with E-state index in [0.29, 0.717) is 0 Å². The summed E-state index contributed by atoms with van der Waals surface area (Å²) < 4.78 is 3.25. The predicted molar refractivity (Wildman–Crippen MR) is 174 cm³/mol. The topological polar surface area (TPSA) is 0 Å². The van der Waals surface area contributed by atoms with E-state index in [2.05, 4.69) is 146 Å². The van der Waals surface area contributed by atoms with Crippen LogP contribution in [0.1, 0.15) is 93.8 Å². The Morgan fingerprint density at radius 2 is 1.34 bits per heavy atom. The molecule has 0 saturated carbocycles. The molecule has 0 fully saturated rings. The van der Waals surface area contributed by atoms with Crippen LogP contribution in [-0.4, -0.2) is 3.21 Å². The Balaban J connectivity index is 1.71. The molecule has 0 radical (unpaired) electrons. The van der Waals surface area contributed by atoms with Gasteiger partial charge in [-0.25, -0.2) is 0 Å². The van der Waals surface area contributed by atoms with E-state index in [9.17, 15) is 0 Å². The zero-order chi connectivity index (χ0) is 28.9. The van der Waals surface area contributed by atoms with E-state index in [1.807, 2.05) is 0 Å². The first-order valence-electron chi connectivity index (χ1n) is 15.0. The van der Waals surface area contributed by atoms with Gasteiger partial charge in [0.2, 0.25) is 0 Å². The van der Waals surface area contributed by atoms with Crippen LogP contribution in [0.3, 0.4) is 0 Å². The number of hydrogen-bond acceptors (Lipinski definition) is 0.